The van der Waals surface area contributed by atoms with E-state index in [1.54, 1.807) is 18.2 Å². The van der Waals surface area contributed by atoms with Crippen LogP contribution < -0.4 is 31.0 Å². The SMILES string of the molecule is O=C(NCc1ccco1)C(=O)NNC(=S)NCc1ccc2c(c1)OCO2. The summed E-state index contributed by atoms with van der Waals surface area (Å²) in [6.45, 7) is 0.731. The van der Waals surface area contributed by atoms with Crippen molar-refractivity contribution >= 4 is 29.1 Å². The summed E-state index contributed by atoms with van der Waals surface area (Å²) in [5.41, 5.74) is 5.59. The molecule has 1 aliphatic rings. The van der Waals surface area contributed by atoms with Gasteiger partial charge in [0.2, 0.25) is 6.79 Å². The lowest BCUT2D eigenvalue weighted by atomic mass is 10.2. The number of hydrazine groups is 1. The van der Waals surface area contributed by atoms with Crippen LogP contribution in [0.5, 0.6) is 11.5 Å². The Hall–Kier alpha value is -3.27. The lowest BCUT2D eigenvalue weighted by Gasteiger charge is -2.11. The van der Waals surface area contributed by atoms with Gasteiger partial charge in [0.15, 0.2) is 16.6 Å². The molecule has 136 valence electrons. The Morgan fingerprint density at radius 3 is 2.65 bits per heavy atom. The highest BCUT2D eigenvalue weighted by Gasteiger charge is 2.15. The Morgan fingerprint density at radius 1 is 1.00 bits per heavy atom. The maximum absolute atomic E-state index is 11.7. The van der Waals surface area contributed by atoms with Gasteiger partial charge in [-0.1, -0.05) is 6.07 Å². The Bertz CT molecular complexity index is 809. The number of hydrogen-bond acceptors (Lipinski definition) is 6. The lowest BCUT2D eigenvalue weighted by molar-refractivity contribution is -0.139. The molecule has 1 aromatic carbocycles. The van der Waals surface area contributed by atoms with Gasteiger partial charge in [-0.25, -0.2) is 0 Å². The number of hydrogen-bond donors (Lipinski definition) is 4. The van der Waals surface area contributed by atoms with Gasteiger partial charge >= 0.3 is 11.8 Å². The number of nitrogens with one attached hydrogen (secondary N) is 4. The van der Waals surface area contributed by atoms with Crippen molar-refractivity contribution in [2.75, 3.05) is 6.79 Å². The molecule has 26 heavy (non-hydrogen) atoms. The van der Waals surface area contributed by atoms with Gasteiger partial charge in [0.25, 0.3) is 0 Å². The number of carbonyl (C=O) groups excluding carboxylic acids is 2. The number of rotatable bonds is 4. The minimum Gasteiger partial charge on any atom is -0.467 e. The summed E-state index contributed by atoms with van der Waals surface area (Å²) >= 11 is 5.05. The van der Waals surface area contributed by atoms with Gasteiger partial charge in [-0.15, -0.1) is 0 Å². The Balaban J connectivity index is 1.36. The molecule has 3 rings (SSSR count). The number of fused-ring (bicyclic) bond motifs is 1. The predicted molar refractivity (Wildman–Crippen MR) is 93.8 cm³/mol. The maximum Gasteiger partial charge on any atom is 0.327 e. The maximum atomic E-state index is 11.7. The van der Waals surface area contributed by atoms with Crippen molar-refractivity contribution in [2.24, 2.45) is 0 Å². The third-order valence-corrected chi connectivity index (χ3v) is 3.64. The van der Waals surface area contributed by atoms with E-state index in [9.17, 15) is 9.59 Å². The number of furan rings is 1. The zero-order valence-corrected chi connectivity index (χ0v) is 14.4. The minimum atomic E-state index is -0.871. The third-order valence-electron chi connectivity index (χ3n) is 3.39. The second-order valence-electron chi connectivity index (χ2n) is 5.21. The van der Waals surface area contributed by atoms with Gasteiger partial charge in [-0.3, -0.25) is 20.4 Å². The van der Waals surface area contributed by atoms with E-state index in [4.69, 9.17) is 26.1 Å². The first-order chi connectivity index (χ1) is 12.6. The monoisotopic (exact) mass is 376 g/mol. The first-order valence-corrected chi connectivity index (χ1v) is 8.05. The molecule has 0 saturated carbocycles. The van der Waals surface area contributed by atoms with Crippen LogP contribution in [0.3, 0.4) is 0 Å². The molecule has 0 unspecified atom stereocenters. The zero-order valence-electron chi connectivity index (χ0n) is 13.5. The highest BCUT2D eigenvalue weighted by Crippen LogP contribution is 2.32. The number of thiocarbonyl (C=S) groups is 1. The van der Waals surface area contributed by atoms with Crippen molar-refractivity contribution in [3.63, 3.8) is 0 Å². The average molecular weight is 376 g/mol. The van der Waals surface area contributed by atoms with Crippen molar-refractivity contribution in [2.45, 2.75) is 13.1 Å². The molecule has 0 saturated heterocycles. The van der Waals surface area contributed by atoms with Gasteiger partial charge in [0.1, 0.15) is 5.76 Å². The largest absolute Gasteiger partial charge is 0.467 e. The van der Waals surface area contributed by atoms with E-state index in [2.05, 4.69) is 21.5 Å². The molecular weight excluding hydrogens is 360 g/mol. The van der Waals surface area contributed by atoms with Crippen molar-refractivity contribution in [3.8, 4) is 11.5 Å². The zero-order chi connectivity index (χ0) is 18.4. The summed E-state index contributed by atoms with van der Waals surface area (Å²) in [5.74, 6) is 0.225. The summed E-state index contributed by atoms with van der Waals surface area (Å²) in [5, 5.41) is 5.48. The lowest BCUT2D eigenvalue weighted by Crippen LogP contribution is -2.51. The van der Waals surface area contributed by atoms with E-state index < -0.39 is 11.8 Å². The van der Waals surface area contributed by atoms with E-state index in [0.717, 1.165) is 5.56 Å². The topological polar surface area (TPSA) is 114 Å². The molecule has 0 spiro atoms. The Labute approximate surface area is 154 Å². The molecule has 10 heteroatoms. The van der Waals surface area contributed by atoms with Crippen molar-refractivity contribution in [1.82, 2.24) is 21.5 Å². The van der Waals surface area contributed by atoms with Gasteiger partial charge in [-0.05, 0) is 42.0 Å². The molecule has 0 aliphatic carbocycles. The second kappa shape index (κ2) is 8.21. The van der Waals surface area contributed by atoms with E-state index in [0.29, 0.717) is 23.8 Å². The van der Waals surface area contributed by atoms with Crippen LogP contribution in [0.4, 0.5) is 0 Å². The van der Waals surface area contributed by atoms with Crippen LogP contribution in [0.1, 0.15) is 11.3 Å². The highest BCUT2D eigenvalue weighted by atomic mass is 32.1. The Morgan fingerprint density at radius 2 is 1.85 bits per heavy atom. The summed E-state index contributed by atoms with van der Waals surface area (Å²) in [6, 6.07) is 8.88. The van der Waals surface area contributed by atoms with Crippen molar-refractivity contribution < 1.29 is 23.5 Å². The first kappa shape index (κ1) is 17.5. The molecule has 1 aliphatic heterocycles. The molecule has 0 atom stereocenters. The number of amides is 2. The van der Waals surface area contributed by atoms with Crippen LogP contribution in [0.25, 0.3) is 0 Å². The van der Waals surface area contributed by atoms with Gasteiger partial charge in [-0.2, -0.15) is 0 Å². The molecule has 4 N–H and O–H groups in total. The molecule has 2 heterocycles. The summed E-state index contributed by atoms with van der Waals surface area (Å²) in [6.07, 6.45) is 1.48. The Kier molecular flexibility index (Phi) is 5.54. The van der Waals surface area contributed by atoms with Crippen LogP contribution in [0, 0.1) is 0 Å². The van der Waals surface area contributed by atoms with Gasteiger partial charge in [0.05, 0.1) is 12.8 Å². The third kappa shape index (κ3) is 4.63. The van der Waals surface area contributed by atoms with E-state index in [1.807, 2.05) is 12.1 Å². The molecule has 0 radical (unpaired) electrons. The average Bonchev–Trinajstić information content (AvgIpc) is 3.33. The quantitative estimate of drug-likeness (QED) is 0.343. The van der Waals surface area contributed by atoms with Crippen LogP contribution in [-0.2, 0) is 22.7 Å². The van der Waals surface area contributed by atoms with E-state index in [1.165, 1.54) is 6.26 Å². The van der Waals surface area contributed by atoms with Crippen LogP contribution >= 0.6 is 12.2 Å². The molecular formula is C16H16N4O5S. The highest BCUT2D eigenvalue weighted by molar-refractivity contribution is 7.80. The fourth-order valence-corrected chi connectivity index (χ4v) is 2.23. The summed E-state index contributed by atoms with van der Waals surface area (Å²) < 4.78 is 15.6. The molecule has 0 bridgehead atoms. The predicted octanol–water partition coefficient (Wildman–Crippen LogP) is 0.320. The number of carbonyl (C=O) groups is 2. The van der Waals surface area contributed by atoms with Gasteiger partial charge < -0.3 is 24.5 Å². The molecule has 0 fully saturated rings. The minimum absolute atomic E-state index is 0.117. The fourth-order valence-electron chi connectivity index (χ4n) is 2.11. The molecule has 2 aromatic rings. The van der Waals surface area contributed by atoms with Crippen molar-refractivity contribution in [3.05, 3.63) is 47.9 Å². The van der Waals surface area contributed by atoms with E-state index in [-0.39, 0.29) is 18.5 Å². The van der Waals surface area contributed by atoms with Crippen LogP contribution in [0.15, 0.2) is 41.0 Å². The molecule has 2 amide bonds. The summed E-state index contributed by atoms with van der Waals surface area (Å²) in [7, 11) is 0. The smallest absolute Gasteiger partial charge is 0.327 e. The van der Waals surface area contributed by atoms with Crippen molar-refractivity contribution in [1.29, 1.82) is 0 Å². The molecule has 9 nitrogen and oxygen atoms in total. The molecule has 1 aromatic heterocycles. The fraction of sp³-hybridized carbons (Fsp3) is 0.188. The van der Waals surface area contributed by atoms with E-state index >= 15 is 0 Å². The number of benzene rings is 1. The summed E-state index contributed by atoms with van der Waals surface area (Å²) in [4.78, 5) is 23.3. The second-order valence-corrected chi connectivity index (χ2v) is 5.62. The van der Waals surface area contributed by atoms with Gasteiger partial charge in [0, 0.05) is 6.54 Å². The normalized spacial score (nSPS) is 11.5. The van der Waals surface area contributed by atoms with Crippen LogP contribution in [0.2, 0.25) is 0 Å². The first-order valence-electron chi connectivity index (χ1n) is 7.65. The standard InChI is InChI=1S/C16H16N4O5S/c21-14(17-8-11-2-1-5-23-11)15(22)19-20-16(26)18-7-10-3-4-12-13(6-10)25-9-24-12/h1-6H,7-9H2,(H,17,21)(H,19,22)(H2,18,20,26). The number of ether oxygens (including phenoxy) is 2. The van der Waals surface area contributed by atoms with Crippen LogP contribution in [-0.4, -0.2) is 23.7 Å².